The van der Waals surface area contributed by atoms with E-state index in [1.54, 1.807) is 18.2 Å². The Morgan fingerprint density at radius 3 is 2.47 bits per heavy atom. The second-order valence-electron chi connectivity index (χ2n) is 4.50. The third-order valence-corrected chi connectivity index (χ3v) is 3.15. The Labute approximate surface area is 109 Å². The Kier molecular flexibility index (Phi) is 2.45. The van der Waals surface area contributed by atoms with Crippen molar-refractivity contribution in [1.29, 1.82) is 0 Å². The van der Waals surface area contributed by atoms with Gasteiger partial charge < -0.3 is 5.21 Å². The van der Waals surface area contributed by atoms with Gasteiger partial charge in [0.05, 0.1) is 5.56 Å². The van der Waals surface area contributed by atoms with Gasteiger partial charge in [0.15, 0.2) is 0 Å². The highest BCUT2D eigenvalue weighted by Gasteiger charge is 2.36. The minimum Gasteiger partial charge on any atom is -0.618 e. The maximum Gasteiger partial charge on any atom is 0.272 e. The molecule has 0 fully saturated rings. The van der Waals surface area contributed by atoms with Crippen LogP contribution in [0.3, 0.4) is 0 Å². The number of fused-ring (bicyclic) bond motifs is 1. The zero-order valence-corrected chi connectivity index (χ0v) is 10.2. The number of nitrogens with zero attached hydrogens (tertiary/aromatic N) is 1. The van der Waals surface area contributed by atoms with Gasteiger partial charge >= 0.3 is 0 Å². The zero-order valence-electron chi connectivity index (χ0n) is 10.2. The molecule has 0 bridgehead atoms. The summed E-state index contributed by atoms with van der Waals surface area (Å²) < 4.78 is 13.5. The van der Waals surface area contributed by atoms with Crippen molar-refractivity contribution in [1.82, 2.24) is 0 Å². The molecule has 0 saturated heterocycles. The summed E-state index contributed by atoms with van der Waals surface area (Å²) in [7, 11) is 0. The van der Waals surface area contributed by atoms with Crippen LogP contribution < -0.4 is 0 Å². The SMILES string of the molecule is Cc1ccc2c(c1)[N+]([O-])=C(c1ccc(F)cc1)C2=O. The van der Waals surface area contributed by atoms with Crippen molar-refractivity contribution in [3.05, 3.63) is 70.2 Å². The summed E-state index contributed by atoms with van der Waals surface area (Å²) in [4.78, 5) is 12.2. The molecule has 1 aliphatic heterocycles. The Morgan fingerprint density at radius 1 is 1.11 bits per heavy atom. The maximum absolute atomic E-state index is 12.9. The van der Waals surface area contributed by atoms with E-state index >= 15 is 0 Å². The van der Waals surface area contributed by atoms with E-state index in [1.807, 2.05) is 6.92 Å². The van der Waals surface area contributed by atoms with Crippen molar-refractivity contribution >= 4 is 17.2 Å². The summed E-state index contributed by atoms with van der Waals surface area (Å²) in [5, 5.41) is 12.2. The van der Waals surface area contributed by atoms with Gasteiger partial charge in [-0.15, -0.1) is 0 Å². The number of hydrogen-bond donors (Lipinski definition) is 0. The normalized spacial score (nSPS) is 13.9. The van der Waals surface area contributed by atoms with Crippen molar-refractivity contribution < 1.29 is 13.9 Å². The summed E-state index contributed by atoms with van der Waals surface area (Å²) in [6.07, 6.45) is 0. The number of aryl methyl sites for hydroxylation is 1. The van der Waals surface area contributed by atoms with Gasteiger partial charge in [0, 0.05) is 6.07 Å². The molecule has 94 valence electrons. The van der Waals surface area contributed by atoms with E-state index in [-0.39, 0.29) is 11.5 Å². The number of Topliss-reactive ketones (excluding diaryl/α,β-unsaturated/α-hetero) is 1. The summed E-state index contributed by atoms with van der Waals surface area (Å²) in [6, 6.07) is 10.5. The van der Waals surface area contributed by atoms with Gasteiger partial charge in [-0.05, 0) is 42.8 Å². The molecule has 3 rings (SSSR count). The number of carbonyl (C=O) groups is 1. The van der Waals surface area contributed by atoms with E-state index in [1.165, 1.54) is 24.3 Å². The van der Waals surface area contributed by atoms with E-state index in [4.69, 9.17) is 0 Å². The zero-order chi connectivity index (χ0) is 13.6. The van der Waals surface area contributed by atoms with Crippen LogP contribution in [0.1, 0.15) is 21.5 Å². The van der Waals surface area contributed by atoms with Gasteiger partial charge in [-0.2, -0.15) is 4.74 Å². The monoisotopic (exact) mass is 255 g/mol. The molecule has 0 spiro atoms. The second kappa shape index (κ2) is 4.02. The van der Waals surface area contributed by atoms with Crippen LogP contribution in [0.2, 0.25) is 0 Å². The molecule has 0 atom stereocenters. The number of halogens is 1. The van der Waals surface area contributed by atoms with E-state index in [0.717, 1.165) is 5.56 Å². The van der Waals surface area contributed by atoms with Gasteiger partial charge in [0.1, 0.15) is 11.4 Å². The van der Waals surface area contributed by atoms with E-state index < -0.39 is 5.82 Å². The topological polar surface area (TPSA) is 43.1 Å². The van der Waals surface area contributed by atoms with E-state index in [9.17, 15) is 14.4 Å². The second-order valence-corrected chi connectivity index (χ2v) is 4.50. The lowest BCUT2D eigenvalue weighted by molar-refractivity contribution is -0.355. The number of hydrogen-bond acceptors (Lipinski definition) is 2. The van der Waals surface area contributed by atoms with Crippen molar-refractivity contribution in [3.8, 4) is 0 Å². The first-order valence-corrected chi connectivity index (χ1v) is 5.83. The minimum absolute atomic E-state index is 0.0422. The van der Waals surface area contributed by atoms with Crippen LogP contribution in [0.25, 0.3) is 0 Å². The third kappa shape index (κ3) is 1.73. The average molecular weight is 255 g/mol. The van der Waals surface area contributed by atoms with Crippen LogP contribution in [-0.2, 0) is 0 Å². The van der Waals surface area contributed by atoms with Crippen molar-refractivity contribution in [3.63, 3.8) is 0 Å². The first-order valence-electron chi connectivity index (χ1n) is 5.83. The summed E-state index contributed by atoms with van der Waals surface area (Å²) in [5.41, 5.74) is 2.12. The molecule has 0 radical (unpaired) electrons. The molecule has 4 heteroatoms. The molecular weight excluding hydrogens is 245 g/mol. The van der Waals surface area contributed by atoms with Crippen molar-refractivity contribution in [2.75, 3.05) is 0 Å². The van der Waals surface area contributed by atoms with E-state index in [0.29, 0.717) is 21.6 Å². The van der Waals surface area contributed by atoms with E-state index in [2.05, 4.69) is 0 Å². The Hall–Kier alpha value is -2.49. The standard InChI is InChI=1S/C15H10FNO2/c1-9-2-7-12-13(8-9)17(19)14(15(12)18)10-3-5-11(16)6-4-10/h2-8H,1H3. The Morgan fingerprint density at radius 2 is 1.79 bits per heavy atom. The van der Waals surface area contributed by atoms with Gasteiger partial charge in [-0.3, -0.25) is 4.79 Å². The number of rotatable bonds is 1. The molecular formula is C15H10FNO2. The van der Waals surface area contributed by atoms with Crippen LogP contribution in [-0.4, -0.2) is 16.2 Å². The minimum atomic E-state index is -0.402. The van der Waals surface area contributed by atoms with Gasteiger partial charge in [-0.1, -0.05) is 6.07 Å². The summed E-state index contributed by atoms with van der Waals surface area (Å²) in [6.45, 7) is 1.86. The maximum atomic E-state index is 12.9. The fourth-order valence-electron chi connectivity index (χ4n) is 2.20. The fourth-order valence-corrected chi connectivity index (χ4v) is 2.20. The lowest BCUT2D eigenvalue weighted by Gasteiger charge is -2.02. The lowest BCUT2D eigenvalue weighted by Crippen LogP contribution is -2.16. The molecule has 0 saturated carbocycles. The number of carbonyl (C=O) groups excluding carboxylic acids is 1. The Bertz CT molecular complexity index is 717. The van der Waals surface area contributed by atoms with Crippen molar-refractivity contribution in [2.24, 2.45) is 0 Å². The summed E-state index contributed by atoms with van der Waals surface area (Å²) in [5.74, 6) is -0.725. The third-order valence-electron chi connectivity index (χ3n) is 3.15. The quantitative estimate of drug-likeness (QED) is 0.580. The molecule has 1 aliphatic rings. The molecule has 0 aromatic heterocycles. The molecule has 0 amide bonds. The van der Waals surface area contributed by atoms with Crippen LogP contribution in [0.5, 0.6) is 0 Å². The lowest BCUT2D eigenvalue weighted by atomic mass is 10.0. The number of benzene rings is 2. The van der Waals surface area contributed by atoms with Crippen LogP contribution >= 0.6 is 0 Å². The molecule has 19 heavy (non-hydrogen) atoms. The van der Waals surface area contributed by atoms with Crippen LogP contribution in [0.4, 0.5) is 10.1 Å². The smallest absolute Gasteiger partial charge is 0.272 e. The highest BCUT2D eigenvalue weighted by Crippen LogP contribution is 2.28. The molecule has 0 unspecified atom stereocenters. The van der Waals surface area contributed by atoms with Gasteiger partial charge in [0.25, 0.3) is 11.5 Å². The molecule has 2 aromatic carbocycles. The predicted octanol–water partition coefficient (Wildman–Crippen LogP) is 2.96. The van der Waals surface area contributed by atoms with Crippen LogP contribution in [0, 0.1) is 17.9 Å². The largest absolute Gasteiger partial charge is 0.618 e. The first kappa shape index (κ1) is 11.6. The predicted molar refractivity (Wildman–Crippen MR) is 69.3 cm³/mol. The van der Waals surface area contributed by atoms with Gasteiger partial charge in [0.2, 0.25) is 5.69 Å². The Balaban J connectivity index is 2.18. The summed E-state index contributed by atoms with van der Waals surface area (Å²) >= 11 is 0. The van der Waals surface area contributed by atoms with Crippen LogP contribution in [0.15, 0.2) is 42.5 Å². The molecule has 1 heterocycles. The van der Waals surface area contributed by atoms with Gasteiger partial charge in [-0.25, -0.2) is 4.39 Å². The molecule has 3 nitrogen and oxygen atoms in total. The highest BCUT2D eigenvalue weighted by molar-refractivity contribution is 6.52. The molecule has 0 N–H and O–H groups in total. The molecule has 0 aliphatic carbocycles. The fraction of sp³-hybridized carbons (Fsp3) is 0.0667. The van der Waals surface area contributed by atoms with Crippen molar-refractivity contribution in [2.45, 2.75) is 6.92 Å². The first-order chi connectivity index (χ1) is 9.08. The molecule has 2 aromatic rings. The highest BCUT2D eigenvalue weighted by atomic mass is 19.1. The number of ketones is 1. The average Bonchev–Trinajstić information content (AvgIpc) is 2.63.